The lowest BCUT2D eigenvalue weighted by atomic mass is 10.1. The minimum absolute atomic E-state index is 0.101. The van der Waals surface area contributed by atoms with E-state index in [4.69, 9.17) is 24.8 Å². The number of rotatable bonds is 43. The molecular weight excluding hydrogens is 813 g/mol. The molecule has 62 heavy (non-hydrogen) atoms. The third kappa shape index (κ3) is 41.1. The molecule has 6 N–H and O–H groups in total. The smallest absolute Gasteiger partial charge is 0.472 e. The standard InChI is InChI=1S/C48H84NO12P/c1-3-5-7-9-11-12-13-14-15-16-17-18-19-20-21-22-23-25-31-37-46(52)58-39-44(40-59-62(56,57)60-41-45(49)48(54)55)61-47(53)38-32-36-43(51)35-30-27-26-29-34-42(50)33-28-24-10-8-6-4-2/h14-15,24,26-30,34-35,42-45,50-51H,3-13,16-23,25,31-33,36-41,49H2,1-2H3,(H,54,55)(H,56,57)/b15-14-,27-26+,28-24-,34-29+,35-30-/t42-,43-,44+,45-/m0/s1. The summed E-state index contributed by atoms with van der Waals surface area (Å²) >= 11 is 0. The Kier molecular flexibility index (Phi) is 40.1. The molecule has 0 aromatic carbocycles. The number of aliphatic hydroxyl groups is 2. The van der Waals surface area contributed by atoms with Gasteiger partial charge in [0.1, 0.15) is 12.6 Å². The van der Waals surface area contributed by atoms with Crippen LogP contribution in [-0.2, 0) is 37.5 Å². The van der Waals surface area contributed by atoms with E-state index in [1.165, 1.54) is 89.9 Å². The Hall–Kier alpha value is -2.90. The summed E-state index contributed by atoms with van der Waals surface area (Å²) in [6.45, 7) is 2.49. The topological polar surface area (TPSA) is 212 Å². The number of carbonyl (C=O) groups is 3. The Bertz CT molecular complexity index is 1320. The van der Waals surface area contributed by atoms with E-state index in [0.717, 1.165) is 38.5 Å². The Labute approximate surface area is 373 Å². The van der Waals surface area contributed by atoms with Gasteiger partial charge in [0.05, 0.1) is 25.4 Å². The number of hydrogen-bond donors (Lipinski definition) is 5. The number of phosphoric ester groups is 1. The van der Waals surface area contributed by atoms with Crippen molar-refractivity contribution < 1.29 is 57.7 Å². The van der Waals surface area contributed by atoms with E-state index in [9.17, 15) is 34.1 Å². The van der Waals surface area contributed by atoms with Gasteiger partial charge in [-0.1, -0.05) is 164 Å². The number of carbonyl (C=O) groups excluding carboxylic acids is 2. The van der Waals surface area contributed by atoms with Crippen LogP contribution in [0.25, 0.3) is 0 Å². The van der Waals surface area contributed by atoms with Crippen molar-refractivity contribution in [2.24, 2.45) is 5.73 Å². The van der Waals surface area contributed by atoms with Crippen molar-refractivity contribution in [1.82, 2.24) is 0 Å². The summed E-state index contributed by atoms with van der Waals surface area (Å²) in [6, 6.07) is -1.56. The molecule has 0 bridgehead atoms. The highest BCUT2D eigenvalue weighted by Gasteiger charge is 2.28. The summed E-state index contributed by atoms with van der Waals surface area (Å²) in [5.74, 6) is -2.66. The van der Waals surface area contributed by atoms with Crippen LogP contribution in [0.15, 0.2) is 60.8 Å². The van der Waals surface area contributed by atoms with E-state index in [-0.39, 0.29) is 25.7 Å². The molecule has 0 rings (SSSR count). The molecule has 14 heteroatoms. The molecule has 0 aliphatic carbocycles. The first-order valence-corrected chi connectivity index (χ1v) is 25.0. The van der Waals surface area contributed by atoms with E-state index < -0.39 is 69.9 Å². The zero-order valence-corrected chi connectivity index (χ0v) is 39.1. The van der Waals surface area contributed by atoms with Crippen molar-refractivity contribution in [3.63, 3.8) is 0 Å². The third-order valence-corrected chi connectivity index (χ3v) is 10.9. The maximum atomic E-state index is 12.7. The molecule has 0 radical (unpaired) electrons. The fourth-order valence-corrected chi connectivity index (χ4v) is 6.91. The molecule has 0 heterocycles. The molecule has 0 saturated carbocycles. The van der Waals surface area contributed by atoms with Crippen molar-refractivity contribution in [3.05, 3.63) is 60.8 Å². The van der Waals surface area contributed by atoms with Gasteiger partial charge in [-0.2, -0.15) is 0 Å². The van der Waals surface area contributed by atoms with Crippen LogP contribution < -0.4 is 5.73 Å². The van der Waals surface area contributed by atoms with Crippen LogP contribution >= 0.6 is 7.82 Å². The first-order valence-electron chi connectivity index (χ1n) is 23.5. The van der Waals surface area contributed by atoms with Gasteiger partial charge in [0.25, 0.3) is 0 Å². The Morgan fingerprint density at radius 2 is 1.05 bits per heavy atom. The molecule has 358 valence electrons. The number of unbranched alkanes of at least 4 members (excludes halogenated alkanes) is 18. The van der Waals surface area contributed by atoms with Crippen LogP contribution in [-0.4, -0.2) is 82.3 Å². The molecule has 0 aliphatic heterocycles. The third-order valence-electron chi connectivity index (χ3n) is 9.93. The van der Waals surface area contributed by atoms with Gasteiger partial charge in [0.2, 0.25) is 0 Å². The number of ether oxygens (including phenoxy) is 2. The summed E-state index contributed by atoms with van der Waals surface area (Å²) in [6.07, 6.45) is 42.0. The number of aliphatic hydroxyl groups excluding tert-OH is 2. The van der Waals surface area contributed by atoms with Gasteiger partial charge >= 0.3 is 25.7 Å². The normalized spacial score (nSPS) is 15.2. The largest absolute Gasteiger partial charge is 0.480 e. The van der Waals surface area contributed by atoms with Crippen LogP contribution in [0.4, 0.5) is 0 Å². The number of aliphatic carboxylic acids is 1. The lowest BCUT2D eigenvalue weighted by Crippen LogP contribution is -2.34. The summed E-state index contributed by atoms with van der Waals surface area (Å²) in [5, 5.41) is 29.2. The maximum Gasteiger partial charge on any atom is 0.472 e. The average molecular weight is 898 g/mol. The predicted octanol–water partition coefficient (Wildman–Crippen LogP) is 10.7. The molecular formula is C48H84NO12P. The first kappa shape index (κ1) is 59.1. The van der Waals surface area contributed by atoms with Gasteiger partial charge in [-0.25, -0.2) is 4.57 Å². The second kappa shape index (κ2) is 42.1. The van der Waals surface area contributed by atoms with Crippen molar-refractivity contribution in [2.45, 2.75) is 205 Å². The zero-order valence-electron chi connectivity index (χ0n) is 38.2. The molecule has 1 unspecified atom stereocenters. The molecule has 0 aromatic heterocycles. The molecule has 0 amide bonds. The van der Waals surface area contributed by atoms with Gasteiger partial charge in [0.15, 0.2) is 6.10 Å². The van der Waals surface area contributed by atoms with Gasteiger partial charge in [-0.05, 0) is 64.2 Å². The van der Waals surface area contributed by atoms with Crippen molar-refractivity contribution in [3.8, 4) is 0 Å². The number of nitrogens with two attached hydrogens (primary N) is 1. The quantitative estimate of drug-likeness (QED) is 0.0127. The molecule has 0 saturated heterocycles. The second-order valence-electron chi connectivity index (χ2n) is 15.9. The molecule has 0 aromatic rings. The number of phosphoric acid groups is 1. The molecule has 0 spiro atoms. The van der Waals surface area contributed by atoms with Crippen molar-refractivity contribution in [1.29, 1.82) is 0 Å². The zero-order chi connectivity index (χ0) is 45.9. The van der Waals surface area contributed by atoms with Crippen LogP contribution in [0.2, 0.25) is 0 Å². The Balaban J connectivity index is 4.55. The summed E-state index contributed by atoms with van der Waals surface area (Å²) in [7, 11) is -4.79. The highest BCUT2D eigenvalue weighted by atomic mass is 31.2. The Morgan fingerprint density at radius 3 is 1.63 bits per heavy atom. The first-order chi connectivity index (χ1) is 29.9. The van der Waals surface area contributed by atoms with Crippen molar-refractivity contribution in [2.75, 3.05) is 19.8 Å². The fourth-order valence-electron chi connectivity index (χ4n) is 6.14. The average Bonchev–Trinajstić information content (AvgIpc) is 3.24. The van der Waals surface area contributed by atoms with Gasteiger partial charge in [-0.3, -0.25) is 23.4 Å². The monoisotopic (exact) mass is 898 g/mol. The summed E-state index contributed by atoms with van der Waals surface area (Å²) in [4.78, 5) is 46.1. The minimum Gasteiger partial charge on any atom is -0.480 e. The van der Waals surface area contributed by atoms with E-state index in [2.05, 4.69) is 36.6 Å². The SMILES string of the molecule is CCCCC/C=C\C[C@H](O)/C=C/C=C/C=C\[C@H](O)CCCC(=O)O[C@H](COC(=O)CCCCCCCCCCC/C=C\CCCCCCCC)COP(=O)(O)OC[C@H](N)C(=O)O. The van der Waals surface area contributed by atoms with Crippen LogP contribution in [0.3, 0.4) is 0 Å². The molecule has 0 aliphatic rings. The summed E-state index contributed by atoms with van der Waals surface area (Å²) in [5.41, 5.74) is 5.32. The lowest BCUT2D eigenvalue weighted by Gasteiger charge is -2.20. The van der Waals surface area contributed by atoms with Gasteiger partial charge < -0.3 is 35.4 Å². The number of hydrogen-bond acceptors (Lipinski definition) is 11. The molecule has 13 nitrogen and oxygen atoms in total. The van der Waals surface area contributed by atoms with Gasteiger partial charge in [-0.15, -0.1) is 0 Å². The maximum absolute atomic E-state index is 12.7. The van der Waals surface area contributed by atoms with Crippen LogP contribution in [0.5, 0.6) is 0 Å². The number of allylic oxidation sites excluding steroid dienone is 7. The van der Waals surface area contributed by atoms with E-state index >= 15 is 0 Å². The fraction of sp³-hybridized carbons (Fsp3) is 0.729. The predicted molar refractivity (Wildman–Crippen MR) is 247 cm³/mol. The van der Waals surface area contributed by atoms with Gasteiger partial charge in [0, 0.05) is 12.8 Å². The summed E-state index contributed by atoms with van der Waals surface area (Å²) < 4.78 is 32.6. The van der Waals surface area contributed by atoms with Crippen molar-refractivity contribution >= 4 is 25.7 Å². The molecule has 0 fully saturated rings. The van der Waals surface area contributed by atoms with E-state index in [0.29, 0.717) is 12.8 Å². The van der Waals surface area contributed by atoms with E-state index in [1.807, 2.05) is 6.08 Å². The second-order valence-corrected chi connectivity index (χ2v) is 17.4. The number of esters is 2. The Morgan fingerprint density at radius 1 is 0.581 bits per heavy atom. The lowest BCUT2D eigenvalue weighted by molar-refractivity contribution is -0.161. The van der Waals surface area contributed by atoms with Crippen LogP contribution in [0.1, 0.15) is 181 Å². The van der Waals surface area contributed by atoms with E-state index in [1.54, 1.807) is 36.5 Å². The molecule has 5 atom stereocenters. The highest BCUT2D eigenvalue weighted by molar-refractivity contribution is 7.47. The number of carboxylic acid groups (broad SMARTS) is 1. The van der Waals surface area contributed by atoms with Crippen LogP contribution in [0, 0.1) is 0 Å². The minimum atomic E-state index is -4.79. The number of carboxylic acids is 1. The highest BCUT2D eigenvalue weighted by Crippen LogP contribution is 2.43.